The number of carbonyl (C=O) groups excluding carboxylic acids is 2. The number of fused-ring (bicyclic) bond motifs is 1. The van der Waals surface area contributed by atoms with Crippen LogP contribution in [0.25, 0.3) is 0 Å². The summed E-state index contributed by atoms with van der Waals surface area (Å²) in [5.41, 5.74) is 5.51. The lowest BCUT2D eigenvalue weighted by molar-refractivity contribution is -0.118. The minimum Gasteiger partial charge on any atom is -0.339 e. The second kappa shape index (κ2) is 7.93. The Morgan fingerprint density at radius 2 is 1.78 bits per heavy atom. The number of carbonyl (C=O) groups is 2. The summed E-state index contributed by atoms with van der Waals surface area (Å²) in [6.45, 7) is 10.4. The molecule has 4 rings (SSSR count). The van der Waals surface area contributed by atoms with Gasteiger partial charge in [0.25, 0.3) is 5.91 Å². The minimum atomic E-state index is -0.751. The van der Waals surface area contributed by atoms with E-state index in [0.29, 0.717) is 11.4 Å². The zero-order valence-electron chi connectivity index (χ0n) is 19.5. The number of benzene rings is 2. The molecular formula is C26H30N4O2. The molecular weight excluding hydrogens is 400 g/mol. The van der Waals surface area contributed by atoms with Gasteiger partial charge in [0.2, 0.25) is 5.91 Å². The lowest BCUT2D eigenvalue weighted by Crippen LogP contribution is -2.50. The molecule has 2 amide bonds. The van der Waals surface area contributed by atoms with Crippen LogP contribution in [0, 0.1) is 13.8 Å². The molecule has 0 unspecified atom stereocenters. The quantitative estimate of drug-likeness (QED) is 0.653. The molecule has 1 aliphatic heterocycles. The first kappa shape index (κ1) is 21.8. The fourth-order valence-corrected chi connectivity index (χ4v) is 4.42. The summed E-state index contributed by atoms with van der Waals surface area (Å²) in [5, 5.41) is 10.5. The van der Waals surface area contributed by atoms with Gasteiger partial charge in [0.1, 0.15) is 11.9 Å². The van der Waals surface area contributed by atoms with Crippen LogP contribution in [0.3, 0.4) is 0 Å². The van der Waals surface area contributed by atoms with Crippen LogP contribution in [0.1, 0.15) is 65.0 Å². The molecule has 0 saturated heterocycles. The van der Waals surface area contributed by atoms with E-state index in [2.05, 4.69) is 60.8 Å². The lowest BCUT2D eigenvalue weighted by Gasteiger charge is -2.33. The van der Waals surface area contributed by atoms with Gasteiger partial charge < -0.3 is 10.6 Å². The molecule has 2 N–H and O–H groups in total. The molecule has 0 aliphatic carbocycles. The fourth-order valence-electron chi connectivity index (χ4n) is 4.42. The highest BCUT2D eigenvalue weighted by Gasteiger charge is 2.41. The molecule has 1 aromatic heterocycles. The molecule has 0 spiro atoms. The molecule has 6 heteroatoms. The van der Waals surface area contributed by atoms with E-state index in [1.54, 1.807) is 10.7 Å². The van der Waals surface area contributed by atoms with Gasteiger partial charge in [-0.05, 0) is 42.5 Å². The van der Waals surface area contributed by atoms with Crippen molar-refractivity contribution in [2.75, 3.05) is 5.32 Å². The van der Waals surface area contributed by atoms with Crippen molar-refractivity contribution in [1.29, 1.82) is 0 Å². The molecule has 6 nitrogen and oxygen atoms in total. The highest BCUT2D eigenvalue weighted by molar-refractivity contribution is 6.04. The zero-order chi connectivity index (χ0) is 23.2. The first-order valence-corrected chi connectivity index (χ1v) is 10.9. The summed E-state index contributed by atoms with van der Waals surface area (Å²) in [6.07, 6.45) is 0. The van der Waals surface area contributed by atoms with Gasteiger partial charge in [-0.2, -0.15) is 5.10 Å². The van der Waals surface area contributed by atoms with Crippen molar-refractivity contribution in [2.24, 2.45) is 7.05 Å². The molecule has 2 aromatic carbocycles. The number of nitrogens with one attached hydrogen (secondary N) is 2. The Hall–Kier alpha value is -3.41. The van der Waals surface area contributed by atoms with E-state index in [-0.39, 0.29) is 23.1 Å². The third-order valence-electron chi connectivity index (χ3n) is 6.14. The van der Waals surface area contributed by atoms with E-state index < -0.39 is 6.04 Å². The van der Waals surface area contributed by atoms with Crippen molar-refractivity contribution >= 4 is 17.6 Å². The predicted molar refractivity (Wildman–Crippen MR) is 126 cm³/mol. The first-order valence-electron chi connectivity index (χ1n) is 10.9. The standard InChI is InChI=1S/C26H30N4O2/c1-15-8-7-9-18(14-15)24(31)27-22-21(17-10-12-19(13-11-17)26(3,4)5)20-16(2)29-30(6)23(20)28-25(22)32/h7-14,21-22H,1-6H3,(H,27,31)(H,28,32)/t21-,22+/m1/s1. The van der Waals surface area contributed by atoms with Crippen molar-refractivity contribution in [2.45, 2.75) is 52.0 Å². The van der Waals surface area contributed by atoms with E-state index in [9.17, 15) is 9.59 Å². The van der Waals surface area contributed by atoms with E-state index in [1.807, 2.05) is 39.1 Å². The Morgan fingerprint density at radius 3 is 2.41 bits per heavy atom. The van der Waals surface area contributed by atoms with Crippen molar-refractivity contribution in [1.82, 2.24) is 15.1 Å². The number of amides is 2. The summed E-state index contributed by atoms with van der Waals surface area (Å²) in [6, 6.07) is 14.9. The summed E-state index contributed by atoms with van der Waals surface area (Å²) < 4.78 is 1.69. The summed E-state index contributed by atoms with van der Waals surface area (Å²) >= 11 is 0. The van der Waals surface area contributed by atoms with Gasteiger partial charge >= 0.3 is 0 Å². The summed E-state index contributed by atoms with van der Waals surface area (Å²) in [4.78, 5) is 26.3. The van der Waals surface area contributed by atoms with Gasteiger partial charge in [-0.15, -0.1) is 0 Å². The third-order valence-corrected chi connectivity index (χ3v) is 6.14. The molecule has 3 aromatic rings. The van der Waals surface area contributed by atoms with Crippen molar-refractivity contribution in [3.05, 3.63) is 82.0 Å². The number of hydrogen-bond donors (Lipinski definition) is 2. The number of anilines is 1. The number of hydrogen-bond acceptors (Lipinski definition) is 3. The van der Waals surface area contributed by atoms with Crippen LogP contribution >= 0.6 is 0 Å². The van der Waals surface area contributed by atoms with Crippen LogP contribution in [-0.4, -0.2) is 27.6 Å². The Labute approximate surface area is 189 Å². The Balaban J connectivity index is 1.78. The fraction of sp³-hybridized carbons (Fsp3) is 0.346. The van der Waals surface area contributed by atoms with Crippen molar-refractivity contribution in [3.63, 3.8) is 0 Å². The number of aromatic nitrogens is 2. The number of rotatable bonds is 3. The van der Waals surface area contributed by atoms with E-state index >= 15 is 0 Å². The molecule has 0 saturated carbocycles. The lowest BCUT2D eigenvalue weighted by atomic mass is 9.80. The maximum Gasteiger partial charge on any atom is 0.251 e. The number of nitrogens with zero attached hydrogens (tertiary/aromatic N) is 2. The third kappa shape index (κ3) is 3.93. The van der Waals surface area contributed by atoms with Crippen LogP contribution in [0.15, 0.2) is 48.5 Å². The van der Waals surface area contributed by atoms with Crippen molar-refractivity contribution in [3.8, 4) is 0 Å². The van der Waals surface area contributed by atoms with Gasteiger partial charge in [-0.3, -0.25) is 14.3 Å². The van der Waals surface area contributed by atoms with Gasteiger partial charge in [-0.1, -0.05) is 62.7 Å². The predicted octanol–water partition coefficient (Wildman–Crippen LogP) is 4.22. The van der Waals surface area contributed by atoms with E-state index in [4.69, 9.17) is 0 Å². The maximum atomic E-state index is 13.2. The molecule has 0 bridgehead atoms. The molecule has 0 radical (unpaired) electrons. The van der Waals surface area contributed by atoms with Gasteiger partial charge in [0.05, 0.1) is 5.69 Å². The second-order valence-corrected chi connectivity index (χ2v) is 9.63. The molecule has 2 heterocycles. The average Bonchev–Trinajstić information content (AvgIpc) is 3.01. The van der Waals surface area contributed by atoms with E-state index in [0.717, 1.165) is 22.4 Å². The smallest absolute Gasteiger partial charge is 0.251 e. The van der Waals surface area contributed by atoms with Crippen LogP contribution in [0.2, 0.25) is 0 Å². The second-order valence-electron chi connectivity index (χ2n) is 9.63. The highest BCUT2D eigenvalue weighted by atomic mass is 16.2. The Bertz CT molecular complexity index is 1190. The number of aryl methyl sites for hydroxylation is 3. The largest absolute Gasteiger partial charge is 0.339 e. The van der Waals surface area contributed by atoms with Gasteiger partial charge in [0, 0.05) is 24.1 Å². The van der Waals surface area contributed by atoms with Gasteiger partial charge in [-0.25, -0.2) is 0 Å². The topological polar surface area (TPSA) is 76.0 Å². The molecule has 166 valence electrons. The zero-order valence-corrected chi connectivity index (χ0v) is 19.5. The van der Waals surface area contributed by atoms with Crippen molar-refractivity contribution < 1.29 is 9.59 Å². The Kier molecular flexibility index (Phi) is 5.41. The maximum absolute atomic E-state index is 13.2. The molecule has 2 atom stereocenters. The summed E-state index contributed by atoms with van der Waals surface area (Å²) in [7, 11) is 1.82. The SMILES string of the molecule is Cc1cccc(C(=O)N[C@@H]2C(=O)Nc3c(c(C)nn3C)[C@H]2c2ccc(C(C)(C)C)cc2)c1. The molecule has 1 aliphatic rings. The summed E-state index contributed by atoms with van der Waals surface area (Å²) in [5.74, 6) is -0.171. The minimum absolute atomic E-state index is 0.0244. The Morgan fingerprint density at radius 1 is 1.09 bits per heavy atom. The normalized spacial score (nSPS) is 18.1. The highest BCUT2D eigenvalue weighted by Crippen LogP contribution is 2.39. The molecule has 0 fully saturated rings. The molecule has 32 heavy (non-hydrogen) atoms. The average molecular weight is 431 g/mol. The van der Waals surface area contributed by atoms with E-state index in [1.165, 1.54) is 5.56 Å². The van der Waals surface area contributed by atoms with Crippen LogP contribution in [0.5, 0.6) is 0 Å². The first-order chi connectivity index (χ1) is 15.1. The van der Waals surface area contributed by atoms with Crippen LogP contribution in [0.4, 0.5) is 5.82 Å². The van der Waals surface area contributed by atoms with Crippen LogP contribution in [-0.2, 0) is 17.3 Å². The monoisotopic (exact) mass is 430 g/mol. The van der Waals surface area contributed by atoms with Crippen LogP contribution < -0.4 is 10.6 Å². The van der Waals surface area contributed by atoms with Gasteiger partial charge in [0.15, 0.2) is 0 Å².